The Labute approximate surface area is 113 Å². The van der Waals surface area contributed by atoms with Crippen LogP contribution in [0, 0.1) is 0 Å². The van der Waals surface area contributed by atoms with Crippen molar-refractivity contribution in [3.63, 3.8) is 0 Å². The third-order valence-corrected chi connectivity index (χ3v) is 4.87. The van der Waals surface area contributed by atoms with Gasteiger partial charge < -0.3 is 10.6 Å². The molecule has 0 atom stereocenters. The first-order chi connectivity index (χ1) is 9.26. The number of anilines is 1. The van der Waals surface area contributed by atoms with Gasteiger partial charge in [0, 0.05) is 12.2 Å². The van der Waals surface area contributed by atoms with Gasteiger partial charge in [0.15, 0.2) is 0 Å². The Kier molecular flexibility index (Phi) is 2.31. The molecule has 1 heterocycles. The van der Waals surface area contributed by atoms with Crippen molar-refractivity contribution in [2.45, 2.75) is 43.4 Å². The maximum absolute atomic E-state index is 12.6. The molecule has 0 bridgehead atoms. The standard InChI is InChI=1S/C16H20N2O/c17-8-1-9-18-14-10-12(11-2-3-11)4-5-13(14)16(6-7-16)15(18)19/h4-5,10-11H,1-3,6-9,17H2. The predicted octanol–water partition coefficient (Wildman–Crippen LogP) is 2.29. The molecule has 3 nitrogen and oxygen atoms in total. The number of nitrogens with two attached hydrogens (primary N) is 1. The second kappa shape index (κ2) is 3.83. The molecule has 2 saturated carbocycles. The van der Waals surface area contributed by atoms with Gasteiger partial charge in [0.1, 0.15) is 0 Å². The third-order valence-electron chi connectivity index (χ3n) is 4.87. The molecule has 1 spiro atoms. The van der Waals surface area contributed by atoms with Gasteiger partial charge in [0.25, 0.3) is 0 Å². The molecular formula is C16H20N2O. The minimum atomic E-state index is -0.147. The molecule has 2 N–H and O–H groups in total. The van der Waals surface area contributed by atoms with Crippen LogP contribution >= 0.6 is 0 Å². The molecular weight excluding hydrogens is 236 g/mol. The summed E-state index contributed by atoms with van der Waals surface area (Å²) in [6.45, 7) is 1.42. The van der Waals surface area contributed by atoms with Crippen molar-refractivity contribution in [1.29, 1.82) is 0 Å². The van der Waals surface area contributed by atoms with E-state index < -0.39 is 0 Å². The average molecular weight is 256 g/mol. The van der Waals surface area contributed by atoms with Gasteiger partial charge in [-0.1, -0.05) is 12.1 Å². The van der Waals surface area contributed by atoms with E-state index in [0.29, 0.717) is 12.5 Å². The van der Waals surface area contributed by atoms with Crippen molar-refractivity contribution < 1.29 is 4.79 Å². The zero-order valence-corrected chi connectivity index (χ0v) is 11.2. The summed E-state index contributed by atoms with van der Waals surface area (Å²) < 4.78 is 0. The summed E-state index contributed by atoms with van der Waals surface area (Å²) in [4.78, 5) is 14.6. The molecule has 2 fully saturated rings. The van der Waals surface area contributed by atoms with Crippen LogP contribution in [0.2, 0.25) is 0 Å². The lowest BCUT2D eigenvalue weighted by atomic mass is 9.96. The summed E-state index contributed by atoms with van der Waals surface area (Å²) in [6.07, 6.45) is 5.55. The molecule has 3 aliphatic rings. The SMILES string of the molecule is NCCCN1C(=O)C2(CC2)c2ccc(C3CC3)cc21. The first-order valence-corrected chi connectivity index (χ1v) is 7.43. The highest BCUT2D eigenvalue weighted by Crippen LogP contribution is 2.58. The fourth-order valence-corrected chi connectivity index (χ4v) is 3.41. The van der Waals surface area contributed by atoms with Gasteiger partial charge in [0.05, 0.1) is 5.41 Å². The molecule has 100 valence electrons. The summed E-state index contributed by atoms with van der Waals surface area (Å²) in [6, 6.07) is 6.74. The summed E-state index contributed by atoms with van der Waals surface area (Å²) in [7, 11) is 0. The fraction of sp³-hybridized carbons (Fsp3) is 0.562. The van der Waals surface area contributed by atoms with E-state index in [1.54, 1.807) is 0 Å². The van der Waals surface area contributed by atoms with Crippen LogP contribution in [0.1, 0.15) is 49.1 Å². The molecule has 19 heavy (non-hydrogen) atoms. The highest BCUT2D eigenvalue weighted by molar-refractivity contribution is 6.10. The van der Waals surface area contributed by atoms with E-state index in [9.17, 15) is 4.79 Å². The summed E-state index contributed by atoms with van der Waals surface area (Å²) in [5, 5.41) is 0. The number of hydrogen-bond donors (Lipinski definition) is 1. The van der Waals surface area contributed by atoms with E-state index in [1.807, 2.05) is 4.90 Å². The monoisotopic (exact) mass is 256 g/mol. The number of amides is 1. The number of carbonyl (C=O) groups is 1. The maximum atomic E-state index is 12.6. The van der Waals surface area contributed by atoms with Crippen LogP contribution in [0.15, 0.2) is 18.2 Å². The molecule has 1 aliphatic heterocycles. The number of fused-ring (bicyclic) bond motifs is 2. The topological polar surface area (TPSA) is 46.3 Å². The van der Waals surface area contributed by atoms with Crippen LogP contribution in [0.4, 0.5) is 5.69 Å². The van der Waals surface area contributed by atoms with E-state index in [4.69, 9.17) is 5.73 Å². The normalized spacial score (nSPS) is 23.0. The number of benzene rings is 1. The van der Waals surface area contributed by atoms with Crippen molar-refractivity contribution in [2.24, 2.45) is 5.73 Å². The Morgan fingerprint density at radius 3 is 2.74 bits per heavy atom. The average Bonchev–Trinajstić information content (AvgIpc) is 3.30. The van der Waals surface area contributed by atoms with Crippen LogP contribution in [0.3, 0.4) is 0 Å². The highest BCUT2D eigenvalue weighted by Gasteiger charge is 2.58. The molecule has 2 aliphatic carbocycles. The third kappa shape index (κ3) is 1.57. The van der Waals surface area contributed by atoms with Crippen LogP contribution in [-0.2, 0) is 10.2 Å². The van der Waals surface area contributed by atoms with E-state index in [1.165, 1.54) is 29.7 Å². The van der Waals surface area contributed by atoms with Gasteiger partial charge in [-0.15, -0.1) is 0 Å². The van der Waals surface area contributed by atoms with Crippen LogP contribution in [0.5, 0.6) is 0 Å². The van der Waals surface area contributed by atoms with Crippen molar-refractivity contribution in [1.82, 2.24) is 0 Å². The minimum absolute atomic E-state index is 0.147. The zero-order valence-electron chi connectivity index (χ0n) is 11.2. The van der Waals surface area contributed by atoms with Crippen molar-refractivity contribution in [3.8, 4) is 0 Å². The second-order valence-corrected chi connectivity index (χ2v) is 6.23. The molecule has 0 saturated heterocycles. The first kappa shape index (κ1) is 11.5. The van der Waals surface area contributed by atoms with Crippen LogP contribution in [0.25, 0.3) is 0 Å². The van der Waals surface area contributed by atoms with Crippen molar-refractivity contribution in [3.05, 3.63) is 29.3 Å². The number of carbonyl (C=O) groups excluding carboxylic acids is 1. The van der Waals surface area contributed by atoms with E-state index in [-0.39, 0.29) is 5.41 Å². The molecule has 0 aromatic heterocycles. The fourth-order valence-electron chi connectivity index (χ4n) is 3.41. The largest absolute Gasteiger partial charge is 0.330 e. The number of rotatable bonds is 4. The second-order valence-electron chi connectivity index (χ2n) is 6.23. The van der Waals surface area contributed by atoms with Gasteiger partial charge in [-0.25, -0.2) is 0 Å². The van der Waals surface area contributed by atoms with Gasteiger partial charge in [0.2, 0.25) is 5.91 Å². The molecule has 4 rings (SSSR count). The van der Waals surface area contributed by atoms with Gasteiger partial charge in [-0.2, -0.15) is 0 Å². The Balaban J connectivity index is 1.75. The van der Waals surface area contributed by atoms with E-state index in [0.717, 1.165) is 31.7 Å². The minimum Gasteiger partial charge on any atom is -0.330 e. The van der Waals surface area contributed by atoms with Gasteiger partial charge in [-0.3, -0.25) is 4.79 Å². The predicted molar refractivity (Wildman–Crippen MR) is 75.4 cm³/mol. The molecule has 1 aromatic rings. The first-order valence-electron chi connectivity index (χ1n) is 7.43. The zero-order chi connectivity index (χ0) is 13.0. The van der Waals surface area contributed by atoms with Crippen LogP contribution in [-0.4, -0.2) is 19.0 Å². The lowest BCUT2D eigenvalue weighted by molar-refractivity contribution is -0.120. The highest BCUT2D eigenvalue weighted by atomic mass is 16.2. The summed E-state index contributed by atoms with van der Waals surface area (Å²) >= 11 is 0. The van der Waals surface area contributed by atoms with Crippen molar-refractivity contribution in [2.75, 3.05) is 18.0 Å². The smallest absolute Gasteiger partial charge is 0.237 e. The Morgan fingerprint density at radius 2 is 2.11 bits per heavy atom. The Bertz CT molecular complexity index is 544. The Morgan fingerprint density at radius 1 is 1.32 bits per heavy atom. The van der Waals surface area contributed by atoms with Gasteiger partial charge >= 0.3 is 0 Å². The van der Waals surface area contributed by atoms with Gasteiger partial charge in [-0.05, 0) is 61.8 Å². The lowest BCUT2D eigenvalue weighted by Gasteiger charge is -2.18. The summed E-state index contributed by atoms with van der Waals surface area (Å²) in [5.41, 5.74) is 9.33. The Hall–Kier alpha value is -1.35. The maximum Gasteiger partial charge on any atom is 0.237 e. The molecule has 0 radical (unpaired) electrons. The lowest BCUT2D eigenvalue weighted by Crippen LogP contribution is -2.33. The number of nitrogens with zero attached hydrogens (tertiary/aromatic N) is 1. The van der Waals surface area contributed by atoms with Crippen LogP contribution < -0.4 is 10.6 Å². The number of hydrogen-bond acceptors (Lipinski definition) is 2. The molecule has 3 heteroatoms. The molecule has 0 unspecified atom stereocenters. The quantitative estimate of drug-likeness (QED) is 0.898. The van der Waals surface area contributed by atoms with Crippen molar-refractivity contribution >= 4 is 11.6 Å². The summed E-state index contributed by atoms with van der Waals surface area (Å²) in [5.74, 6) is 1.07. The molecule has 1 aromatic carbocycles. The van der Waals surface area contributed by atoms with E-state index >= 15 is 0 Å². The molecule has 1 amide bonds. The van der Waals surface area contributed by atoms with E-state index in [2.05, 4.69) is 18.2 Å².